The van der Waals surface area contributed by atoms with E-state index in [1.165, 1.54) is 0 Å². The summed E-state index contributed by atoms with van der Waals surface area (Å²) in [5, 5.41) is 6.91. The molecule has 2 N–H and O–H groups in total. The van der Waals surface area contributed by atoms with Crippen LogP contribution in [0.4, 0.5) is 0 Å². The molecule has 0 saturated carbocycles. The van der Waals surface area contributed by atoms with Crippen LogP contribution in [0.5, 0.6) is 0 Å². The molecule has 0 aliphatic rings. The zero-order chi connectivity index (χ0) is 14.3. The smallest absolute Gasteiger partial charge is 0.234 e. The first kappa shape index (κ1) is 16.0. The first-order valence-electron chi connectivity index (χ1n) is 6.81. The van der Waals surface area contributed by atoms with E-state index in [4.69, 9.17) is 11.6 Å². The maximum absolute atomic E-state index is 11.7. The summed E-state index contributed by atoms with van der Waals surface area (Å²) in [5.74, 6) is 0.0433. The van der Waals surface area contributed by atoms with Gasteiger partial charge < -0.3 is 10.6 Å². The summed E-state index contributed by atoms with van der Waals surface area (Å²) in [6.07, 6.45) is 2.09. The third kappa shape index (κ3) is 6.08. The minimum atomic E-state index is 0.0433. The molecule has 106 valence electrons. The first-order chi connectivity index (χ1) is 9.02. The summed E-state index contributed by atoms with van der Waals surface area (Å²) in [4.78, 5) is 11.7. The molecular formula is C15H23ClN2O. The monoisotopic (exact) mass is 282 g/mol. The molecule has 1 aromatic rings. The number of amides is 1. The van der Waals surface area contributed by atoms with Gasteiger partial charge in [-0.1, -0.05) is 37.1 Å². The van der Waals surface area contributed by atoms with E-state index in [1.54, 1.807) is 0 Å². The highest BCUT2D eigenvalue weighted by molar-refractivity contribution is 6.30. The predicted molar refractivity (Wildman–Crippen MR) is 80.4 cm³/mol. The van der Waals surface area contributed by atoms with Gasteiger partial charge in [0.2, 0.25) is 5.91 Å². The van der Waals surface area contributed by atoms with Crippen molar-refractivity contribution in [1.29, 1.82) is 0 Å². The quantitative estimate of drug-likeness (QED) is 0.806. The van der Waals surface area contributed by atoms with Gasteiger partial charge in [0.05, 0.1) is 6.54 Å². The van der Waals surface area contributed by atoms with Gasteiger partial charge in [-0.15, -0.1) is 0 Å². The fraction of sp³-hybridized carbons (Fsp3) is 0.533. The molecule has 3 nitrogen and oxygen atoms in total. The van der Waals surface area contributed by atoms with Gasteiger partial charge in [-0.3, -0.25) is 4.79 Å². The van der Waals surface area contributed by atoms with Crippen LogP contribution in [0.3, 0.4) is 0 Å². The van der Waals surface area contributed by atoms with E-state index in [1.807, 2.05) is 38.1 Å². The molecule has 0 aromatic heterocycles. The number of nitrogens with one attached hydrogen (secondary N) is 2. The summed E-state index contributed by atoms with van der Waals surface area (Å²) in [6.45, 7) is 6.51. The molecule has 0 radical (unpaired) electrons. The van der Waals surface area contributed by atoms with Crippen molar-refractivity contribution >= 4 is 17.5 Å². The van der Waals surface area contributed by atoms with Gasteiger partial charge >= 0.3 is 0 Å². The van der Waals surface area contributed by atoms with Crippen molar-refractivity contribution in [3.63, 3.8) is 0 Å². The fourth-order valence-corrected chi connectivity index (χ4v) is 2.07. The van der Waals surface area contributed by atoms with Crippen LogP contribution in [0.2, 0.25) is 5.02 Å². The van der Waals surface area contributed by atoms with Crippen LogP contribution in [0.15, 0.2) is 24.3 Å². The lowest BCUT2D eigenvalue weighted by atomic mass is 10.1. The molecule has 0 aliphatic heterocycles. The maximum atomic E-state index is 11.7. The molecule has 4 heteroatoms. The van der Waals surface area contributed by atoms with Crippen molar-refractivity contribution in [3.05, 3.63) is 34.9 Å². The summed E-state index contributed by atoms with van der Waals surface area (Å²) < 4.78 is 0. The van der Waals surface area contributed by atoms with E-state index in [0.29, 0.717) is 6.54 Å². The fourth-order valence-electron chi connectivity index (χ4n) is 1.95. The van der Waals surface area contributed by atoms with E-state index < -0.39 is 0 Å². The van der Waals surface area contributed by atoms with Crippen molar-refractivity contribution in [1.82, 2.24) is 10.6 Å². The molecule has 19 heavy (non-hydrogen) atoms. The van der Waals surface area contributed by atoms with E-state index in [9.17, 15) is 4.79 Å². The molecule has 1 aromatic carbocycles. The Morgan fingerprint density at radius 1 is 1.26 bits per heavy atom. The van der Waals surface area contributed by atoms with Crippen LogP contribution in [-0.2, 0) is 4.79 Å². The number of carbonyl (C=O) groups is 1. The zero-order valence-corrected chi connectivity index (χ0v) is 12.6. The molecule has 0 saturated heterocycles. The standard InChI is InChI=1S/C15H23ClN2O/c1-4-5-11(2)18-15(19)10-17-12(3)13-6-8-14(16)9-7-13/h6-9,11-12,17H,4-5,10H2,1-3H3,(H,18,19)/t11?,12-/m0/s1. The van der Waals surface area contributed by atoms with Gasteiger partial charge in [0, 0.05) is 17.1 Å². The molecule has 1 unspecified atom stereocenters. The predicted octanol–water partition coefficient (Wildman–Crippen LogP) is 3.30. The molecule has 0 bridgehead atoms. The third-order valence-electron chi connectivity index (χ3n) is 3.07. The van der Waals surface area contributed by atoms with Crippen LogP contribution in [0.1, 0.15) is 45.2 Å². The lowest BCUT2D eigenvalue weighted by molar-refractivity contribution is -0.121. The lowest BCUT2D eigenvalue weighted by Crippen LogP contribution is -2.39. The van der Waals surface area contributed by atoms with Crippen molar-refractivity contribution in [2.75, 3.05) is 6.54 Å². The van der Waals surface area contributed by atoms with Crippen LogP contribution in [-0.4, -0.2) is 18.5 Å². The van der Waals surface area contributed by atoms with E-state index >= 15 is 0 Å². The Balaban J connectivity index is 2.35. The summed E-state index contributed by atoms with van der Waals surface area (Å²) in [7, 11) is 0. The van der Waals surface area contributed by atoms with Gasteiger partial charge in [-0.2, -0.15) is 0 Å². The van der Waals surface area contributed by atoms with Crippen molar-refractivity contribution in [2.24, 2.45) is 0 Å². The summed E-state index contributed by atoms with van der Waals surface area (Å²) in [5.41, 5.74) is 1.12. The zero-order valence-electron chi connectivity index (χ0n) is 11.9. The molecule has 0 heterocycles. The van der Waals surface area contributed by atoms with Gasteiger partial charge in [-0.25, -0.2) is 0 Å². The number of halogens is 1. The van der Waals surface area contributed by atoms with Gasteiger partial charge in [-0.05, 0) is 38.0 Å². The molecule has 0 spiro atoms. The highest BCUT2D eigenvalue weighted by Crippen LogP contribution is 2.15. The van der Waals surface area contributed by atoms with Crippen LogP contribution >= 0.6 is 11.6 Å². The number of rotatable bonds is 7. The molecule has 2 atom stereocenters. The highest BCUT2D eigenvalue weighted by Gasteiger charge is 2.09. The normalized spacial score (nSPS) is 13.9. The van der Waals surface area contributed by atoms with Crippen molar-refractivity contribution < 1.29 is 4.79 Å². The minimum absolute atomic E-state index is 0.0433. The second kappa shape index (κ2) is 8.18. The topological polar surface area (TPSA) is 41.1 Å². The van der Waals surface area contributed by atoms with E-state index in [2.05, 4.69) is 17.6 Å². The van der Waals surface area contributed by atoms with Crippen molar-refractivity contribution in [2.45, 2.75) is 45.7 Å². The van der Waals surface area contributed by atoms with Crippen molar-refractivity contribution in [3.8, 4) is 0 Å². The Kier molecular flexibility index (Phi) is 6.89. The van der Waals surface area contributed by atoms with E-state index in [0.717, 1.165) is 23.4 Å². The largest absolute Gasteiger partial charge is 0.353 e. The van der Waals surface area contributed by atoms with Gasteiger partial charge in [0.15, 0.2) is 0 Å². The maximum Gasteiger partial charge on any atom is 0.234 e. The Labute approximate surface area is 120 Å². The average molecular weight is 283 g/mol. The summed E-state index contributed by atoms with van der Waals surface area (Å²) >= 11 is 5.85. The second-order valence-corrected chi connectivity index (χ2v) is 5.35. The van der Waals surface area contributed by atoms with E-state index in [-0.39, 0.29) is 18.0 Å². The summed E-state index contributed by atoms with van der Waals surface area (Å²) in [6, 6.07) is 8.03. The van der Waals surface area contributed by atoms with Crippen LogP contribution in [0, 0.1) is 0 Å². The molecule has 0 fully saturated rings. The number of hydrogen-bond acceptors (Lipinski definition) is 2. The Bertz CT molecular complexity index is 392. The van der Waals surface area contributed by atoms with Gasteiger partial charge in [0.25, 0.3) is 0 Å². The molecule has 1 amide bonds. The van der Waals surface area contributed by atoms with Crippen LogP contribution in [0.25, 0.3) is 0 Å². The molecule has 1 rings (SSSR count). The lowest BCUT2D eigenvalue weighted by Gasteiger charge is -2.16. The second-order valence-electron chi connectivity index (χ2n) is 4.91. The Morgan fingerprint density at radius 2 is 1.89 bits per heavy atom. The number of benzene rings is 1. The third-order valence-corrected chi connectivity index (χ3v) is 3.32. The average Bonchev–Trinajstić information content (AvgIpc) is 2.37. The van der Waals surface area contributed by atoms with Gasteiger partial charge in [0.1, 0.15) is 0 Å². The highest BCUT2D eigenvalue weighted by atomic mass is 35.5. The Hall–Kier alpha value is -1.06. The minimum Gasteiger partial charge on any atom is -0.353 e. The Morgan fingerprint density at radius 3 is 2.47 bits per heavy atom. The van der Waals surface area contributed by atoms with Crippen LogP contribution < -0.4 is 10.6 Å². The SMILES string of the molecule is CCCC(C)NC(=O)CN[C@@H](C)c1ccc(Cl)cc1. The molecule has 0 aliphatic carbocycles. The first-order valence-corrected chi connectivity index (χ1v) is 7.19. The number of carbonyl (C=O) groups excluding carboxylic acids is 1. The number of hydrogen-bond donors (Lipinski definition) is 2. The molecular weight excluding hydrogens is 260 g/mol.